The van der Waals surface area contributed by atoms with Gasteiger partial charge in [-0.15, -0.1) is 0 Å². The van der Waals surface area contributed by atoms with Crippen molar-refractivity contribution in [3.8, 4) is 0 Å². The zero-order valence-electron chi connectivity index (χ0n) is 16.6. The molecule has 2 aliphatic rings. The molecule has 2 heterocycles. The number of benzene rings is 3. The molecular weight excluding hydrogens is 374 g/mol. The van der Waals surface area contributed by atoms with Gasteiger partial charge in [0.2, 0.25) is 0 Å². The second kappa shape index (κ2) is 6.95. The van der Waals surface area contributed by atoms with Crippen LogP contribution in [-0.4, -0.2) is 22.2 Å². The van der Waals surface area contributed by atoms with Crippen molar-refractivity contribution in [1.29, 1.82) is 0 Å². The number of non-ortho nitro benzene ring substituents is 1. The monoisotopic (exact) mass is 395 g/mol. The predicted octanol–water partition coefficient (Wildman–Crippen LogP) is 5.36. The maximum Gasteiger partial charge on any atom is 0.269 e. The number of hydrogen-bond donors (Lipinski definition) is 0. The molecule has 0 amide bonds. The Balaban J connectivity index is 1.59. The lowest BCUT2D eigenvalue weighted by Crippen LogP contribution is -2.65. The summed E-state index contributed by atoms with van der Waals surface area (Å²) >= 11 is 0. The van der Waals surface area contributed by atoms with Crippen LogP contribution in [0, 0.1) is 10.1 Å². The lowest BCUT2D eigenvalue weighted by molar-refractivity contribution is -0.384. The molecule has 3 aromatic carbocycles. The molecule has 2 atom stereocenters. The van der Waals surface area contributed by atoms with Crippen molar-refractivity contribution >= 4 is 17.2 Å². The number of aliphatic imine (C=N–C) groups is 1. The van der Waals surface area contributed by atoms with Crippen LogP contribution < -0.4 is 0 Å². The number of nitro groups is 1. The van der Waals surface area contributed by atoms with Gasteiger partial charge in [0.1, 0.15) is 5.84 Å². The molecule has 0 unspecified atom stereocenters. The summed E-state index contributed by atoms with van der Waals surface area (Å²) in [5, 5.41) is 11.1. The van der Waals surface area contributed by atoms with Crippen molar-refractivity contribution < 1.29 is 4.92 Å². The van der Waals surface area contributed by atoms with Crippen LogP contribution in [0.3, 0.4) is 0 Å². The van der Waals surface area contributed by atoms with Crippen LogP contribution in [0.4, 0.5) is 5.69 Å². The molecule has 0 radical (unpaired) electrons. The Kier molecular flexibility index (Phi) is 4.24. The molecule has 3 aromatic rings. The molecule has 5 rings (SSSR count). The van der Waals surface area contributed by atoms with Gasteiger partial charge in [-0.05, 0) is 29.7 Å². The Labute approximate surface area is 175 Å². The van der Waals surface area contributed by atoms with E-state index in [4.69, 9.17) is 4.99 Å². The number of nitro benzene ring substituents is 1. The highest BCUT2D eigenvalue weighted by atomic mass is 16.6. The first-order chi connectivity index (χ1) is 14.6. The summed E-state index contributed by atoms with van der Waals surface area (Å²) in [6, 6.07) is 27.6. The van der Waals surface area contributed by atoms with E-state index < -0.39 is 0 Å². The molecule has 0 spiro atoms. The van der Waals surface area contributed by atoms with Gasteiger partial charge in [0.15, 0.2) is 0 Å². The van der Waals surface area contributed by atoms with Gasteiger partial charge in [0.25, 0.3) is 5.69 Å². The summed E-state index contributed by atoms with van der Waals surface area (Å²) in [5.41, 5.74) is 4.15. The smallest absolute Gasteiger partial charge is 0.269 e. The van der Waals surface area contributed by atoms with Crippen molar-refractivity contribution in [2.75, 3.05) is 6.54 Å². The molecule has 5 heteroatoms. The van der Waals surface area contributed by atoms with Crippen LogP contribution in [0.2, 0.25) is 0 Å². The van der Waals surface area contributed by atoms with Crippen molar-refractivity contribution in [3.63, 3.8) is 0 Å². The van der Waals surface area contributed by atoms with Crippen LogP contribution >= 0.6 is 0 Å². The van der Waals surface area contributed by atoms with Gasteiger partial charge in [-0.1, -0.05) is 72.8 Å². The molecule has 1 saturated heterocycles. The van der Waals surface area contributed by atoms with Crippen LogP contribution in [0.5, 0.6) is 0 Å². The fourth-order valence-corrected chi connectivity index (χ4v) is 4.66. The normalized spacial score (nSPS) is 22.4. The third-order valence-corrected chi connectivity index (χ3v) is 6.17. The average molecular weight is 395 g/mol. The van der Waals surface area contributed by atoms with Crippen molar-refractivity contribution in [3.05, 3.63) is 118 Å². The third kappa shape index (κ3) is 2.74. The van der Waals surface area contributed by atoms with Crippen molar-refractivity contribution in [1.82, 2.24) is 4.90 Å². The number of hydrogen-bond acceptors (Lipinski definition) is 4. The van der Waals surface area contributed by atoms with Crippen LogP contribution in [-0.2, 0) is 5.41 Å². The maximum absolute atomic E-state index is 11.1. The minimum absolute atomic E-state index is 0.0630. The first-order valence-corrected chi connectivity index (χ1v) is 10.0. The molecule has 0 bridgehead atoms. The van der Waals surface area contributed by atoms with Gasteiger partial charge in [-0.3, -0.25) is 10.1 Å². The second-order valence-electron chi connectivity index (χ2n) is 7.86. The molecule has 2 aliphatic heterocycles. The Bertz CT molecular complexity index is 1150. The first kappa shape index (κ1) is 18.3. The molecule has 148 valence electrons. The fraction of sp³-hybridized carbons (Fsp3) is 0.160. The number of rotatable bonds is 4. The van der Waals surface area contributed by atoms with Crippen LogP contribution in [0.1, 0.15) is 29.7 Å². The quantitative estimate of drug-likeness (QED) is 0.441. The van der Waals surface area contributed by atoms with Gasteiger partial charge >= 0.3 is 0 Å². The standard InChI is InChI=1S/C25H21N3O2/c1-25(20-10-6-3-7-11-20)23(19-12-14-21(15-13-19)28(29)30)27-17-16-22(26-24(25)27)18-8-4-2-5-9-18/h2-16,23H,17H2,1H3/t23-,25-/m0/s1. The highest BCUT2D eigenvalue weighted by Crippen LogP contribution is 2.53. The number of amidine groups is 1. The highest BCUT2D eigenvalue weighted by molar-refractivity contribution is 6.04. The van der Waals surface area contributed by atoms with Crippen LogP contribution in [0.15, 0.2) is 96.0 Å². The second-order valence-corrected chi connectivity index (χ2v) is 7.86. The molecular formula is C25H21N3O2. The lowest BCUT2D eigenvalue weighted by atomic mass is 9.64. The van der Waals surface area contributed by atoms with Gasteiger partial charge in [0, 0.05) is 18.7 Å². The van der Waals surface area contributed by atoms with Gasteiger partial charge < -0.3 is 4.90 Å². The molecule has 30 heavy (non-hydrogen) atoms. The molecule has 1 fully saturated rings. The lowest BCUT2D eigenvalue weighted by Gasteiger charge is -2.59. The van der Waals surface area contributed by atoms with Crippen LogP contribution in [0.25, 0.3) is 5.70 Å². The molecule has 5 nitrogen and oxygen atoms in total. The van der Waals surface area contributed by atoms with Gasteiger partial charge in [-0.25, -0.2) is 4.99 Å². The van der Waals surface area contributed by atoms with E-state index in [-0.39, 0.29) is 22.1 Å². The van der Waals surface area contributed by atoms with E-state index in [1.807, 2.05) is 48.5 Å². The summed E-state index contributed by atoms with van der Waals surface area (Å²) in [5.74, 6) is 1.04. The van der Waals surface area contributed by atoms with E-state index in [0.717, 1.165) is 29.2 Å². The summed E-state index contributed by atoms with van der Waals surface area (Å²) in [4.78, 5) is 18.1. The molecule has 0 N–H and O–H groups in total. The topological polar surface area (TPSA) is 58.7 Å². The first-order valence-electron chi connectivity index (χ1n) is 10.0. The summed E-state index contributed by atoms with van der Waals surface area (Å²) in [6.07, 6.45) is 2.15. The largest absolute Gasteiger partial charge is 0.347 e. The Morgan fingerprint density at radius 3 is 2.23 bits per heavy atom. The zero-order chi connectivity index (χ0) is 20.7. The van der Waals surface area contributed by atoms with Crippen molar-refractivity contribution in [2.24, 2.45) is 4.99 Å². The molecule has 0 aliphatic carbocycles. The minimum Gasteiger partial charge on any atom is -0.347 e. The number of nitrogens with zero attached hydrogens (tertiary/aromatic N) is 3. The predicted molar refractivity (Wildman–Crippen MR) is 118 cm³/mol. The van der Waals surface area contributed by atoms with E-state index in [9.17, 15) is 10.1 Å². The van der Waals surface area contributed by atoms with E-state index >= 15 is 0 Å². The maximum atomic E-state index is 11.1. The Hall–Kier alpha value is -3.73. The fourth-order valence-electron chi connectivity index (χ4n) is 4.66. The van der Waals surface area contributed by atoms with E-state index in [1.165, 1.54) is 5.56 Å². The van der Waals surface area contributed by atoms with Gasteiger partial charge in [-0.2, -0.15) is 0 Å². The SMILES string of the molecule is C[C@@]1(c2ccccc2)C2=NC(c3ccccc3)=CCN2[C@H]1c1ccc([N+](=O)[O-])cc1. The van der Waals surface area contributed by atoms with E-state index in [1.54, 1.807) is 12.1 Å². The van der Waals surface area contributed by atoms with E-state index in [0.29, 0.717) is 0 Å². The molecule has 0 aromatic heterocycles. The summed E-state index contributed by atoms with van der Waals surface area (Å²) in [6.45, 7) is 2.98. The number of fused-ring (bicyclic) bond motifs is 1. The Morgan fingerprint density at radius 1 is 0.967 bits per heavy atom. The third-order valence-electron chi connectivity index (χ3n) is 6.17. The Morgan fingerprint density at radius 2 is 1.60 bits per heavy atom. The average Bonchev–Trinajstić information content (AvgIpc) is 2.80. The zero-order valence-corrected chi connectivity index (χ0v) is 16.6. The van der Waals surface area contributed by atoms with Gasteiger partial charge in [0.05, 0.1) is 22.1 Å². The van der Waals surface area contributed by atoms with Crippen molar-refractivity contribution in [2.45, 2.75) is 18.4 Å². The summed E-state index contributed by atoms with van der Waals surface area (Å²) < 4.78 is 0. The highest BCUT2D eigenvalue weighted by Gasteiger charge is 2.57. The van der Waals surface area contributed by atoms with E-state index in [2.05, 4.69) is 42.2 Å². The summed E-state index contributed by atoms with van der Waals surface area (Å²) in [7, 11) is 0. The minimum atomic E-state index is -0.358. The molecule has 0 saturated carbocycles.